The van der Waals surface area contributed by atoms with E-state index < -0.39 is 26.2 Å². The van der Waals surface area contributed by atoms with E-state index >= 15 is 0 Å². The van der Waals surface area contributed by atoms with Crippen molar-refractivity contribution < 1.29 is 17.6 Å². The maximum atomic E-state index is 13.5. The van der Waals surface area contributed by atoms with Crippen LogP contribution in [0.25, 0.3) is 0 Å². The fourth-order valence-electron chi connectivity index (χ4n) is 2.18. The van der Waals surface area contributed by atoms with Crippen LogP contribution in [0.15, 0.2) is 29.2 Å². The van der Waals surface area contributed by atoms with Gasteiger partial charge in [-0.15, -0.1) is 0 Å². The van der Waals surface area contributed by atoms with E-state index in [9.17, 15) is 17.6 Å². The molecule has 0 aliphatic heterocycles. The van der Waals surface area contributed by atoms with Crippen molar-refractivity contribution in [2.24, 2.45) is 0 Å². The van der Waals surface area contributed by atoms with E-state index in [0.717, 1.165) is 6.07 Å². The lowest BCUT2D eigenvalue weighted by Crippen LogP contribution is -2.51. The summed E-state index contributed by atoms with van der Waals surface area (Å²) in [6, 6.07) is 5.20. The van der Waals surface area contributed by atoms with Crippen LogP contribution in [0.5, 0.6) is 0 Å². The molecule has 0 amide bonds. The number of benzene rings is 1. The molecule has 0 spiro atoms. The van der Waals surface area contributed by atoms with Crippen LogP contribution in [-0.4, -0.2) is 18.9 Å². The number of ketones is 1. The molecule has 0 bridgehead atoms. The normalized spacial score (nSPS) is 18.5. The number of rotatable bonds is 3. The average molecular weight is 256 g/mol. The van der Waals surface area contributed by atoms with Gasteiger partial charge in [-0.2, -0.15) is 0 Å². The van der Waals surface area contributed by atoms with Crippen molar-refractivity contribution in [1.29, 1.82) is 0 Å². The van der Waals surface area contributed by atoms with Gasteiger partial charge in [0.25, 0.3) is 0 Å². The van der Waals surface area contributed by atoms with Crippen LogP contribution < -0.4 is 0 Å². The summed E-state index contributed by atoms with van der Waals surface area (Å²) >= 11 is 0. The number of carbonyl (C=O) groups is 1. The second-order valence-electron chi connectivity index (χ2n) is 4.34. The molecule has 1 saturated carbocycles. The molecule has 1 aliphatic rings. The maximum absolute atomic E-state index is 13.5. The molecule has 0 aromatic heterocycles. The first-order valence-corrected chi connectivity index (χ1v) is 6.90. The number of Topliss-reactive ketones (excluding diaryl/α,β-unsaturated/α-hetero) is 1. The maximum Gasteiger partial charge on any atom is 0.194 e. The SMILES string of the molecule is CC(=O)C1(S(=O)(=O)c2ccccc2F)CCC1. The van der Waals surface area contributed by atoms with Gasteiger partial charge in [-0.1, -0.05) is 12.1 Å². The van der Waals surface area contributed by atoms with Crippen molar-refractivity contribution in [2.45, 2.75) is 35.8 Å². The zero-order valence-electron chi connectivity index (χ0n) is 9.44. The number of hydrogen-bond acceptors (Lipinski definition) is 3. The summed E-state index contributed by atoms with van der Waals surface area (Å²) in [5.41, 5.74) is 0. The summed E-state index contributed by atoms with van der Waals surface area (Å²) in [7, 11) is -3.92. The first kappa shape index (κ1) is 12.2. The van der Waals surface area contributed by atoms with E-state index in [1.54, 1.807) is 0 Å². The second-order valence-corrected chi connectivity index (χ2v) is 6.57. The third kappa shape index (κ3) is 1.60. The fraction of sp³-hybridized carbons (Fsp3) is 0.417. The molecule has 1 aromatic carbocycles. The Balaban J connectivity index is 2.58. The van der Waals surface area contributed by atoms with E-state index in [1.807, 2.05) is 0 Å². The highest BCUT2D eigenvalue weighted by molar-refractivity contribution is 7.93. The molecular weight excluding hydrogens is 243 g/mol. The van der Waals surface area contributed by atoms with Gasteiger partial charge in [-0.25, -0.2) is 12.8 Å². The molecular formula is C12H13FO3S. The van der Waals surface area contributed by atoms with E-state index in [0.29, 0.717) is 19.3 Å². The standard InChI is InChI=1S/C12H13FO3S/c1-9(14)12(7-4-8-12)17(15,16)11-6-3-2-5-10(11)13/h2-3,5-6H,4,7-8H2,1H3. The van der Waals surface area contributed by atoms with E-state index in [2.05, 4.69) is 0 Å². The molecule has 0 unspecified atom stereocenters. The predicted molar refractivity (Wildman–Crippen MR) is 60.8 cm³/mol. The third-order valence-corrected chi connectivity index (χ3v) is 6.08. The van der Waals surface area contributed by atoms with Crippen LogP contribution in [0.4, 0.5) is 4.39 Å². The molecule has 1 aliphatic carbocycles. The molecule has 0 N–H and O–H groups in total. The van der Waals surface area contributed by atoms with Gasteiger partial charge in [0, 0.05) is 0 Å². The largest absolute Gasteiger partial charge is 0.298 e. The van der Waals surface area contributed by atoms with Crippen LogP contribution in [0, 0.1) is 5.82 Å². The van der Waals surface area contributed by atoms with Crippen molar-refractivity contribution in [3.05, 3.63) is 30.1 Å². The molecule has 0 radical (unpaired) electrons. The van der Waals surface area contributed by atoms with Crippen molar-refractivity contribution in [2.75, 3.05) is 0 Å². The van der Waals surface area contributed by atoms with Crippen molar-refractivity contribution in [3.63, 3.8) is 0 Å². The average Bonchev–Trinajstić information content (AvgIpc) is 2.14. The van der Waals surface area contributed by atoms with Gasteiger partial charge in [-0.3, -0.25) is 4.79 Å². The van der Waals surface area contributed by atoms with Crippen molar-refractivity contribution in [1.82, 2.24) is 0 Å². The summed E-state index contributed by atoms with van der Waals surface area (Å²) in [4.78, 5) is 11.2. The molecule has 0 atom stereocenters. The number of hydrogen-bond donors (Lipinski definition) is 0. The molecule has 3 nitrogen and oxygen atoms in total. The highest BCUT2D eigenvalue weighted by Gasteiger charge is 2.54. The summed E-state index contributed by atoms with van der Waals surface area (Å²) in [6.07, 6.45) is 1.27. The Labute approximate surface area is 99.6 Å². The number of carbonyl (C=O) groups excluding carboxylic acids is 1. The lowest BCUT2D eigenvalue weighted by atomic mass is 9.81. The van der Waals surface area contributed by atoms with Crippen LogP contribution in [-0.2, 0) is 14.6 Å². The Hall–Kier alpha value is -1.23. The van der Waals surface area contributed by atoms with E-state index in [4.69, 9.17) is 0 Å². The highest BCUT2D eigenvalue weighted by atomic mass is 32.2. The van der Waals surface area contributed by atoms with Crippen LogP contribution in [0.3, 0.4) is 0 Å². The molecule has 0 heterocycles. The predicted octanol–water partition coefficient (Wildman–Crippen LogP) is 2.11. The van der Waals surface area contributed by atoms with Crippen LogP contribution in [0.1, 0.15) is 26.2 Å². The summed E-state index contributed by atoms with van der Waals surface area (Å²) < 4.78 is 36.8. The van der Waals surface area contributed by atoms with Gasteiger partial charge in [0.2, 0.25) is 0 Å². The lowest BCUT2D eigenvalue weighted by Gasteiger charge is -2.38. The van der Waals surface area contributed by atoms with Gasteiger partial charge < -0.3 is 0 Å². The Morgan fingerprint density at radius 3 is 2.29 bits per heavy atom. The van der Waals surface area contributed by atoms with Gasteiger partial charge in [0.05, 0.1) is 0 Å². The Morgan fingerprint density at radius 1 is 1.29 bits per heavy atom. The van der Waals surface area contributed by atoms with Gasteiger partial charge in [0.1, 0.15) is 15.5 Å². The Bertz CT molecular complexity index is 559. The lowest BCUT2D eigenvalue weighted by molar-refractivity contribution is -0.121. The first-order chi connectivity index (χ1) is 7.92. The summed E-state index contributed by atoms with van der Waals surface area (Å²) in [5, 5.41) is 0. The topological polar surface area (TPSA) is 51.2 Å². The first-order valence-electron chi connectivity index (χ1n) is 5.42. The second kappa shape index (κ2) is 3.91. The van der Waals surface area contributed by atoms with Crippen LogP contribution in [0.2, 0.25) is 0 Å². The smallest absolute Gasteiger partial charge is 0.194 e. The van der Waals surface area contributed by atoms with Gasteiger partial charge in [0.15, 0.2) is 15.6 Å². The molecule has 17 heavy (non-hydrogen) atoms. The number of halogens is 1. The monoisotopic (exact) mass is 256 g/mol. The Kier molecular flexibility index (Phi) is 2.81. The van der Waals surface area contributed by atoms with Gasteiger partial charge in [-0.05, 0) is 38.3 Å². The molecule has 1 fully saturated rings. The number of sulfone groups is 1. The fourth-order valence-corrected chi connectivity index (χ4v) is 4.39. The summed E-state index contributed by atoms with van der Waals surface area (Å²) in [6.45, 7) is 1.26. The third-order valence-electron chi connectivity index (χ3n) is 3.44. The zero-order valence-corrected chi connectivity index (χ0v) is 10.3. The van der Waals surface area contributed by atoms with E-state index in [-0.39, 0.29) is 4.90 Å². The highest BCUT2D eigenvalue weighted by Crippen LogP contribution is 2.43. The minimum atomic E-state index is -3.92. The zero-order chi connectivity index (χ0) is 12.7. The molecule has 0 saturated heterocycles. The minimum absolute atomic E-state index is 0.291. The molecule has 5 heteroatoms. The summed E-state index contributed by atoms with van der Waals surface area (Å²) in [5.74, 6) is -1.19. The molecule has 2 rings (SSSR count). The minimum Gasteiger partial charge on any atom is -0.298 e. The molecule has 92 valence electrons. The van der Waals surface area contributed by atoms with Crippen LogP contribution >= 0.6 is 0 Å². The van der Waals surface area contributed by atoms with E-state index in [1.165, 1.54) is 25.1 Å². The molecule has 1 aromatic rings. The quantitative estimate of drug-likeness (QED) is 0.832. The van der Waals surface area contributed by atoms with Crippen molar-refractivity contribution >= 4 is 15.6 Å². The Morgan fingerprint density at radius 2 is 1.88 bits per heavy atom. The van der Waals surface area contributed by atoms with Crippen molar-refractivity contribution in [3.8, 4) is 0 Å². The van der Waals surface area contributed by atoms with Gasteiger partial charge >= 0.3 is 0 Å².